The highest BCUT2D eigenvalue weighted by atomic mass is 32.1. The number of H-pyrrole nitrogens is 1. The first-order chi connectivity index (χ1) is 11.1. The zero-order valence-corrected chi connectivity index (χ0v) is 14.8. The summed E-state index contributed by atoms with van der Waals surface area (Å²) in [4.78, 5) is 25.3. The molecule has 2 aromatic heterocycles. The van der Waals surface area contributed by atoms with Crippen molar-refractivity contribution in [3.63, 3.8) is 0 Å². The maximum absolute atomic E-state index is 12.6. The Morgan fingerprint density at radius 3 is 3.00 bits per heavy atom. The predicted octanol–water partition coefficient (Wildman–Crippen LogP) is 3.48. The van der Waals surface area contributed by atoms with E-state index in [-0.39, 0.29) is 5.56 Å². The average molecular weight is 331 g/mol. The molecule has 1 fully saturated rings. The van der Waals surface area contributed by atoms with Crippen LogP contribution in [-0.2, 0) is 19.4 Å². The quantitative estimate of drug-likeness (QED) is 0.916. The second kappa shape index (κ2) is 6.02. The molecular formula is C18H25N3OS. The van der Waals surface area contributed by atoms with Crippen LogP contribution >= 0.6 is 11.3 Å². The van der Waals surface area contributed by atoms with Crippen molar-refractivity contribution in [1.29, 1.82) is 0 Å². The second-order valence-corrected chi connectivity index (χ2v) is 8.44. The summed E-state index contributed by atoms with van der Waals surface area (Å²) < 4.78 is 0. The number of rotatable bonds is 2. The van der Waals surface area contributed by atoms with Gasteiger partial charge >= 0.3 is 0 Å². The highest BCUT2D eigenvalue weighted by Crippen LogP contribution is 2.35. The van der Waals surface area contributed by atoms with Gasteiger partial charge in [-0.05, 0) is 57.1 Å². The molecule has 0 aromatic carbocycles. The maximum Gasteiger partial charge on any atom is 0.259 e. The van der Waals surface area contributed by atoms with Crippen LogP contribution in [0.25, 0.3) is 10.2 Å². The van der Waals surface area contributed by atoms with Crippen molar-refractivity contribution in [3.8, 4) is 0 Å². The van der Waals surface area contributed by atoms with Crippen LogP contribution < -0.4 is 5.56 Å². The highest BCUT2D eigenvalue weighted by Gasteiger charge is 2.24. The third-order valence-corrected chi connectivity index (χ3v) is 6.66. The molecule has 1 N–H and O–H groups in total. The summed E-state index contributed by atoms with van der Waals surface area (Å²) in [7, 11) is 0. The van der Waals surface area contributed by atoms with E-state index in [1.54, 1.807) is 11.3 Å². The number of fused-ring (bicyclic) bond motifs is 3. The second-order valence-electron chi connectivity index (χ2n) is 7.36. The molecule has 0 saturated carbocycles. The first-order valence-corrected chi connectivity index (χ1v) is 9.71. The number of aromatic nitrogens is 2. The summed E-state index contributed by atoms with van der Waals surface area (Å²) in [5.74, 6) is 1.56. The lowest BCUT2D eigenvalue weighted by Gasteiger charge is -2.32. The van der Waals surface area contributed by atoms with E-state index >= 15 is 0 Å². The Morgan fingerprint density at radius 1 is 1.30 bits per heavy atom. The fraction of sp³-hybridized carbons (Fsp3) is 0.667. The summed E-state index contributed by atoms with van der Waals surface area (Å²) in [6, 6.07) is 0.585. The maximum atomic E-state index is 12.6. The van der Waals surface area contributed by atoms with Gasteiger partial charge in [0.25, 0.3) is 5.56 Å². The number of thiophene rings is 1. The summed E-state index contributed by atoms with van der Waals surface area (Å²) in [6.07, 6.45) is 7.14. The van der Waals surface area contributed by atoms with E-state index in [0.717, 1.165) is 47.9 Å². The van der Waals surface area contributed by atoms with Gasteiger partial charge in [-0.25, -0.2) is 4.98 Å². The van der Waals surface area contributed by atoms with Crippen molar-refractivity contribution in [2.75, 3.05) is 6.54 Å². The largest absolute Gasteiger partial charge is 0.309 e. The van der Waals surface area contributed by atoms with Crippen molar-refractivity contribution in [1.82, 2.24) is 14.9 Å². The Morgan fingerprint density at radius 2 is 2.17 bits per heavy atom. The van der Waals surface area contributed by atoms with Crippen LogP contribution in [0.1, 0.15) is 55.8 Å². The number of likely N-dealkylation sites (tertiary alicyclic amines) is 1. The molecule has 0 spiro atoms. The van der Waals surface area contributed by atoms with Crippen LogP contribution in [0.5, 0.6) is 0 Å². The van der Waals surface area contributed by atoms with Crippen molar-refractivity contribution in [3.05, 3.63) is 26.6 Å². The van der Waals surface area contributed by atoms with E-state index in [9.17, 15) is 4.79 Å². The summed E-state index contributed by atoms with van der Waals surface area (Å²) in [6.45, 7) is 6.46. The Bertz CT molecular complexity index is 778. The predicted molar refractivity (Wildman–Crippen MR) is 95.2 cm³/mol. The number of nitrogens with one attached hydrogen (secondary N) is 1. The molecule has 2 aromatic rings. The molecule has 4 nitrogen and oxygen atoms in total. The van der Waals surface area contributed by atoms with Crippen molar-refractivity contribution in [2.24, 2.45) is 5.92 Å². The van der Waals surface area contributed by atoms with Crippen LogP contribution in [0.2, 0.25) is 0 Å². The van der Waals surface area contributed by atoms with E-state index in [1.807, 2.05) is 0 Å². The topological polar surface area (TPSA) is 49.0 Å². The van der Waals surface area contributed by atoms with Crippen molar-refractivity contribution >= 4 is 21.6 Å². The van der Waals surface area contributed by atoms with Crippen LogP contribution in [0.15, 0.2) is 4.79 Å². The first-order valence-electron chi connectivity index (χ1n) is 8.89. The highest BCUT2D eigenvalue weighted by molar-refractivity contribution is 7.18. The first kappa shape index (κ1) is 15.3. The normalized spacial score (nSPS) is 25.7. The lowest BCUT2D eigenvalue weighted by molar-refractivity contribution is 0.149. The van der Waals surface area contributed by atoms with E-state index < -0.39 is 0 Å². The molecular weight excluding hydrogens is 306 g/mol. The molecule has 4 rings (SSSR count). The molecule has 1 aliphatic carbocycles. The van der Waals surface area contributed by atoms with Gasteiger partial charge in [-0.15, -0.1) is 11.3 Å². The third-order valence-electron chi connectivity index (χ3n) is 5.51. The summed E-state index contributed by atoms with van der Waals surface area (Å²) >= 11 is 1.74. The van der Waals surface area contributed by atoms with Crippen LogP contribution in [0, 0.1) is 5.92 Å². The molecule has 2 atom stereocenters. The van der Waals surface area contributed by atoms with Gasteiger partial charge < -0.3 is 4.98 Å². The molecule has 23 heavy (non-hydrogen) atoms. The number of hydrogen-bond donors (Lipinski definition) is 1. The standard InChI is InChI=1S/C18H25N3OS/c1-11-6-7-13-14(9-11)23-18-16(13)17(22)19-15(20-18)10-21-8-4-3-5-12(21)2/h11-12H,3-10H2,1-2H3,(H,19,20,22)/t11-,12-/m0/s1. The molecule has 124 valence electrons. The number of piperidine rings is 1. The number of aryl methyl sites for hydroxylation is 1. The summed E-state index contributed by atoms with van der Waals surface area (Å²) in [5, 5.41) is 0.868. The van der Waals surface area contributed by atoms with E-state index in [2.05, 4.69) is 23.7 Å². The molecule has 0 bridgehead atoms. The third kappa shape index (κ3) is 2.85. The minimum Gasteiger partial charge on any atom is -0.309 e. The van der Waals surface area contributed by atoms with Gasteiger partial charge in [0.1, 0.15) is 10.7 Å². The Hall–Kier alpha value is -1.20. The van der Waals surface area contributed by atoms with Gasteiger partial charge in [-0.3, -0.25) is 9.69 Å². The van der Waals surface area contributed by atoms with E-state index in [0.29, 0.717) is 6.04 Å². The SMILES string of the molecule is C[C@H]1CCc2c(sc3nc(CN4CCCC[C@@H]4C)[nH]c(=O)c23)C1. The van der Waals surface area contributed by atoms with Crippen molar-refractivity contribution in [2.45, 2.75) is 65.0 Å². The number of aromatic amines is 1. The molecule has 2 aliphatic rings. The molecule has 5 heteroatoms. The molecule has 3 heterocycles. The van der Waals surface area contributed by atoms with Crippen LogP contribution in [0.3, 0.4) is 0 Å². The lowest BCUT2D eigenvalue weighted by Crippen LogP contribution is -2.37. The average Bonchev–Trinajstić information content (AvgIpc) is 2.87. The zero-order valence-electron chi connectivity index (χ0n) is 14.0. The number of nitrogens with zero attached hydrogens (tertiary/aromatic N) is 2. The van der Waals surface area contributed by atoms with Gasteiger partial charge in [0, 0.05) is 10.9 Å². The minimum absolute atomic E-state index is 0.0710. The Labute approximate surface area is 140 Å². The van der Waals surface area contributed by atoms with Gasteiger partial charge in [0.05, 0.1) is 11.9 Å². The van der Waals surface area contributed by atoms with E-state index in [1.165, 1.54) is 36.1 Å². The lowest BCUT2D eigenvalue weighted by atomic mass is 9.89. The van der Waals surface area contributed by atoms with Gasteiger partial charge in [-0.1, -0.05) is 13.3 Å². The number of hydrogen-bond acceptors (Lipinski definition) is 4. The Kier molecular flexibility index (Phi) is 4.01. The molecule has 0 radical (unpaired) electrons. The van der Waals surface area contributed by atoms with Crippen LogP contribution in [0.4, 0.5) is 0 Å². The molecule has 1 saturated heterocycles. The molecule has 0 unspecified atom stereocenters. The fourth-order valence-electron chi connectivity index (χ4n) is 4.05. The Balaban J connectivity index is 1.69. The van der Waals surface area contributed by atoms with Gasteiger partial charge in [0.2, 0.25) is 0 Å². The zero-order chi connectivity index (χ0) is 16.0. The summed E-state index contributed by atoms with van der Waals surface area (Å²) in [5.41, 5.74) is 1.34. The molecule has 0 amide bonds. The minimum atomic E-state index is 0.0710. The molecule has 1 aliphatic heterocycles. The van der Waals surface area contributed by atoms with Crippen molar-refractivity contribution < 1.29 is 0 Å². The van der Waals surface area contributed by atoms with Gasteiger partial charge in [0.15, 0.2) is 0 Å². The smallest absolute Gasteiger partial charge is 0.259 e. The monoisotopic (exact) mass is 331 g/mol. The van der Waals surface area contributed by atoms with Gasteiger partial charge in [-0.2, -0.15) is 0 Å². The van der Waals surface area contributed by atoms with E-state index in [4.69, 9.17) is 4.98 Å². The fourth-order valence-corrected chi connectivity index (χ4v) is 5.46. The van der Waals surface area contributed by atoms with Crippen LogP contribution in [-0.4, -0.2) is 27.5 Å².